The van der Waals surface area contributed by atoms with Gasteiger partial charge in [-0.15, -0.1) is 0 Å². The number of epoxide rings is 1. The summed E-state index contributed by atoms with van der Waals surface area (Å²) in [5, 5.41) is 17.7. The molecule has 0 bridgehead atoms. The van der Waals surface area contributed by atoms with E-state index in [1.165, 1.54) is 0 Å². The van der Waals surface area contributed by atoms with Crippen LogP contribution in [0.3, 0.4) is 0 Å². The highest BCUT2D eigenvalue weighted by Gasteiger charge is 2.70. The Balaban J connectivity index is 2.42. The van der Waals surface area contributed by atoms with Gasteiger partial charge in [0.1, 0.15) is 17.7 Å². The van der Waals surface area contributed by atoms with Crippen LogP contribution in [0.4, 0.5) is 0 Å². The molecular formula is C11H8N2O. The largest absolute Gasteiger partial charge is 0.329 e. The molecule has 1 aliphatic rings. The van der Waals surface area contributed by atoms with Crippen molar-refractivity contribution in [2.75, 3.05) is 0 Å². The van der Waals surface area contributed by atoms with Crippen molar-refractivity contribution in [3.63, 3.8) is 0 Å². The van der Waals surface area contributed by atoms with Crippen LogP contribution in [0.15, 0.2) is 30.3 Å². The second-order valence-electron chi connectivity index (χ2n) is 3.41. The zero-order valence-corrected chi connectivity index (χ0v) is 7.69. The van der Waals surface area contributed by atoms with Crippen LogP contribution in [0, 0.1) is 22.7 Å². The standard InChI is InChI=1S/C11H8N2O/c1-10(9-5-3-2-4-6-9)11(7-12,8-13)14-10/h2-6H,1H3. The van der Waals surface area contributed by atoms with Crippen molar-refractivity contribution in [3.05, 3.63) is 35.9 Å². The lowest BCUT2D eigenvalue weighted by Crippen LogP contribution is -2.17. The summed E-state index contributed by atoms with van der Waals surface area (Å²) in [4.78, 5) is 0. The van der Waals surface area contributed by atoms with Gasteiger partial charge < -0.3 is 4.74 Å². The van der Waals surface area contributed by atoms with E-state index < -0.39 is 11.2 Å². The third kappa shape index (κ3) is 0.878. The van der Waals surface area contributed by atoms with E-state index in [-0.39, 0.29) is 0 Å². The van der Waals surface area contributed by atoms with Gasteiger partial charge in [0.25, 0.3) is 5.60 Å². The molecule has 3 nitrogen and oxygen atoms in total. The van der Waals surface area contributed by atoms with Gasteiger partial charge in [0.2, 0.25) is 0 Å². The molecule has 68 valence electrons. The van der Waals surface area contributed by atoms with Crippen LogP contribution in [-0.4, -0.2) is 5.60 Å². The molecule has 1 aliphatic heterocycles. The van der Waals surface area contributed by atoms with Gasteiger partial charge in [0, 0.05) is 0 Å². The van der Waals surface area contributed by atoms with E-state index in [0.717, 1.165) is 5.56 Å². The van der Waals surface area contributed by atoms with Gasteiger partial charge in [-0.3, -0.25) is 0 Å². The number of rotatable bonds is 1. The van der Waals surface area contributed by atoms with Crippen LogP contribution < -0.4 is 0 Å². The minimum absolute atomic E-state index is 0.766. The summed E-state index contributed by atoms with van der Waals surface area (Å²) in [7, 11) is 0. The van der Waals surface area contributed by atoms with Crippen LogP contribution in [0.1, 0.15) is 12.5 Å². The van der Waals surface area contributed by atoms with Crippen LogP contribution in [-0.2, 0) is 10.3 Å². The molecule has 1 aromatic carbocycles. The molecule has 0 aliphatic carbocycles. The highest BCUT2D eigenvalue weighted by atomic mass is 16.6. The number of nitriles is 2. The fourth-order valence-corrected chi connectivity index (χ4v) is 1.58. The lowest BCUT2D eigenvalue weighted by Gasteiger charge is -2.05. The molecule has 0 saturated carbocycles. The summed E-state index contributed by atoms with van der Waals surface area (Å²) in [6.07, 6.45) is 0. The van der Waals surface area contributed by atoms with Crippen LogP contribution in [0.25, 0.3) is 0 Å². The fraction of sp³-hybridized carbons (Fsp3) is 0.273. The average Bonchev–Trinajstić information content (AvgIpc) is 2.88. The first kappa shape index (κ1) is 8.74. The Morgan fingerprint density at radius 1 is 1.14 bits per heavy atom. The molecule has 1 atom stereocenters. The summed E-state index contributed by atoms with van der Waals surface area (Å²) in [5.74, 6) is 0. The number of hydrogen-bond donors (Lipinski definition) is 0. The highest BCUT2D eigenvalue weighted by Crippen LogP contribution is 2.54. The minimum atomic E-state index is -1.30. The quantitative estimate of drug-likeness (QED) is 0.624. The number of ether oxygens (including phenoxy) is 1. The second-order valence-corrected chi connectivity index (χ2v) is 3.41. The molecule has 1 heterocycles. The molecule has 3 heteroatoms. The maximum absolute atomic E-state index is 8.86. The van der Waals surface area contributed by atoms with Crippen molar-refractivity contribution in [2.45, 2.75) is 18.1 Å². The molecule has 1 unspecified atom stereocenters. The van der Waals surface area contributed by atoms with Gasteiger partial charge in [-0.2, -0.15) is 10.5 Å². The Labute approximate surface area is 82.1 Å². The third-order valence-corrected chi connectivity index (χ3v) is 2.63. The Kier molecular flexibility index (Phi) is 1.61. The minimum Gasteiger partial charge on any atom is -0.329 e. The van der Waals surface area contributed by atoms with Crippen molar-refractivity contribution in [1.29, 1.82) is 10.5 Å². The summed E-state index contributed by atoms with van der Waals surface area (Å²) in [6, 6.07) is 13.1. The monoisotopic (exact) mass is 184 g/mol. The Bertz CT molecular complexity index is 427. The number of nitrogens with zero attached hydrogens (tertiary/aromatic N) is 2. The van der Waals surface area contributed by atoms with Crippen molar-refractivity contribution in [1.82, 2.24) is 0 Å². The molecule has 0 radical (unpaired) electrons. The van der Waals surface area contributed by atoms with Gasteiger partial charge in [0.15, 0.2) is 0 Å². The van der Waals surface area contributed by atoms with E-state index in [2.05, 4.69) is 0 Å². The lowest BCUT2D eigenvalue weighted by atomic mass is 9.90. The van der Waals surface area contributed by atoms with Crippen molar-refractivity contribution in [3.8, 4) is 12.1 Å². The summed E-state index contributed by atoms with van der Waals surface area (Å²) in [6.45, 7) is 1.76. The van der Waals surface area contributed by atoms with E-state index >= 15 is 0 Å². The summed E-state index contributed by atoms with van der Waals surface area (Å²) >= 11 is 0. The van der Waals surface area contributed by atoms with Crippen molar-refractivity contribution < 1.29 is 4.74 Å². The highest BCUT2D eigenvalue weighted by molar-refractivity contribution is 5.44. The van der Waals surface area contributed by atoms with Gasteiger partial charge in [-0.25, -0.2) is 0 Å². The molecule has 1 aromatic rings. The summed E-state index contributed by atoms with van der Waals surface area (Å²) in [5.41, 5.74) is -1.20. The first-order chi connectivity index (χ1) is 6.68. The lowest BCUT2D eigenvalue weighted by molar-refractivity contribution is 0.309. The smallest absolute Gasteiger partial charge is 0.275 e. The van der Waals surface area contributed by atoms with Crippen LogP contribution in [0.5, 0.6) is 0 Å². The normalized spacial score (nSPS) is 27.4. The molecule has 0 aromatic heterocycles. The van der Waals surface area contributed by atoms with Crippen molar-refractivity contribution in [2.24, 2.45) is 0 Å². The maximum atomic E-state index is 8.86. The Morgan fingerprint density at radius 2 is 1.71 bits per heavy atom. The molecular weight excluding hydrogens is 176 g/mol. The van der Waals surface area contributed by atoms with Gasteiger partial charge in [-0.1, -0.05) is 30.3 Å². The van der Waals surface area contributed by atoms with Crippen LogP contribution in [0.2, 0.25) is 0 Å². The van der Waals surface area contributed by atoms with E-state index in [9.17, 15) is 0 Å². The fourth-order valence-electron chi connectivity index (χ4n) is 1.58. The molecule has 0 amide bonds. The zero-order valence-electron chi connectivity index (χ0n) is 7.69. The van der Waals surface area contributed by atoms with Crippen LogP contribution >= 0.6 is 0 Å². The van der Waals surface area contributed by atoms with Gasteiger partial charge >= 0.3 is 0 Å². The third-order valence-electron chi connectivity index (χ3n) is 2.63. The Hall–Kier alpha value is -1.84. The SMILES string of the molecule is CC1(c2ccccc2)OC1(C#N)C#N. The molecule has 14 heavy (non-hydrogen) atoms. The van der Waals surface area contributed by atoms with E-state index in [0.29, 0.717) is 0 Å². The molecule has 0 N–H and O–H groups in total. The topological polar surface area (TPSA) is 60.1 Å². The zero-order chi connectivity index (χ0) is 10.2. The van der Waals surface area contributed by atoms with E-state index in [1.54, 1.807) is 6.92 Å². The van der Waals surface area contributed by atoms with Gasteiger partial charge in [0.05, 0.1) is 0 Å². The van der Waals surface area contributed by atoms with Crippen molar-refractivity contribution >= 4 is 0 Å². The number of hydrogen-bond acceptors (Lipinski definition) is 3. The predicted octanol–water partition coefficient (Wildman–Crippen LogP) is 1.72. The molecule has 2 rings (SSSR count). The first-order valence-electron chi connectivity index (χ1n) is 4.27. The molecule has 1 saturated heterocycles. The second kappa shape index (κ2) is 2.57. The number of benzene rings is 1. The summed E-state index contributed by atoms with van der Waals surface area (Å²) < 4.78 is 5.25. The molecule has 1 fully saturated rings. The predicted molar refractivity (Wildman–Crippen MR) is 48.8 cm³/mol. The first-order valence-corrected chi connectivity index (χ1v) is 4.27. The maximum Gasteiger partial charge on any atom is 0.275 e. The molecule has 0 spiro atoms. The van der Waals surface area contributed by atoms with Gasteiger partial charge in [-0.05, 0) is 12.5 Å². The van der Waals surface area contributed by atoms with E-state index in [1.807, 2.05) is 42.5 Å². The Morgan fingerprint density at radius 3 is 2.14 bits per heavy atom. The average molecular weight is 184 g/mol. The van der Waals surface area contributed by atoms with E-state index in [4.69, 9.17) is 15.3 Å².